The zero-order valence-corrected chi connectivity index (χ0v) is 14.4. The molecule has 0 bridgehead atoms. The van der Waals surface area contributed by atoms with E-state index in [1.54, 1.807) is 16.8 Å². The zero-order valence-electron chi connectivity index (χ0n) is 14.4. The number of benzene rings is 2. The Hall–Kier alpha value is -3.29. The predicted octanol–water partition coefficient (Wildman–Crippen LogP) is 2.85. The van der Waals surface area contributed by atoms with Gasteiger partial charge in [0.15, 0.2) is 0 Å². The van der Waals surface area contributed by atoms with E-state index in [0.29, 0.717) is 12.2 Å². The molecule has 0 saturated carbocycles. The number of nitrogens with one attached hydrogen (secondary N) is 2. The first-order valence-corrected chi connectivity index (χ1v) is 8.61. The second-order valence-electron chi connectivity index (χ2n) is 6.71. The molecule has 2 aliphatic rings. The topological polar surface area (TPSA) is 67.1 Å². The van der Waals surface area contributed by atoms with Crippen LogP contribution in [0.15, 0.2) is 47.8 Å². The Morgan fingerprint density at radius 1 is 1.11 bits per heavy atom. The van der Waals surface area contributed by atoms with Gasteiger partial charge >= 0.3 is 0 Å². The van der Waals surface area contributed by atoms with E-state index in [1.807, 2.05) is 7.05 Å². The third-order valence-electron chi connectivity index (χ3n) is 5.10. The lowest BCUT2D eigenvalue weighted by Gasteiger charge is -2.38. The molecule has 27 heavy (non-hydrogen) atoms. The highest BCUT2D eigenvalue weighted by molar-refractivity contribution is 6.12. The van der Waals surface area contributed by atoms with Gasteiger partial charge in [0.25, 0.3) is 0 Å². The van der Waals surface area contributed by atoms with Crippen molar-refractivity contribution in [1.82, 2.24) is 20.2 Å². The van der Waals surface area contributed by atoms with Crippen LogP contribution in [0.4, 0.5) is 14.5 Å². The lowest BCUT2D eigenvalue weighted by molar-refractivity contribution is 0.586. The smallest absolute Gasteiger partial charge is 0.138 e. The van der Waals surface area contributed by atoms with E-state index in [9.17, 15) is 8.78 Å². The molecule has 2 aromatic carbocycles. The summed E-state index contributed by atoms with van der Waals surface area (Å²) in [6.07, 6.45) is 1.49. The van der Waals surface area contributed by atoms with Gasteiger partial charge in [-0.25, -0.2) is 13.8 Å². The van der Waals surface area contributed by atoms with Crippen molar-refractivity contribution < 1.29 is 8.78 Å². The van der Waals surface area contributed by atoms with Gasteiger partial charge < -0.3 is 10.7 Å². The average Bonchev–Trinajstić information content (AvgIpc) is 3.07. The Morgan fingerprint density at radius 3 is 2.67 bits per heavy atom. The third kappa shape index (κ3) is 2.48. The number of hydrazone groups is 1. The van der Waals surface area contributed by atoms with Crippen molar-refractivity contribution in [2.45, 2.75) is 18.5 Å². The first-order valence-electron chi connectivity index (χ1n) is 8.61. The highest BCUT2D eigenvalue weighted by Crippen LogP contribution is 2.44. The maximum absolute atomic E-state index is 14.1. The third-order valence-corrected chi connectivity index (χ3v) is 5.10. The standard InChI is InChI=1S/C19H16F2N6/c1-27-19(22-9-24-27)16-17(10-2-4-12(20)5-3-10)25-14-7-13(21)6-11-8-23-26-18(16)15(11)14/h2-7,9,16-17,23,25H,8H2,1H3/t16-,17-/m1/s1. The Balaban J connectivity index is 1.74. The Morgan fingerprint density at radius 2 is 1.93 bits per heavy atom. The van der Waals surface area contributed by atoms with Crippen molar-refractivity contribution in [3.63, 3.8) is 0 Å². The molecular weight excluding hydrogens is 350 g/mol. The van der Waals surface area contributed by atoms with Gasteiger partial charge in [-0.3, -0.25) is 4.68 Å². The summed E-state index contributed by atoms with van der Waals surface area (Å²) in [7, 11) is 1.82. The summed E-state index contributed by atoms with van der Waals surface area (Å²) in [5.41, 5.74) is 7.04. The Bertz CT molecular complexity index is 1060. The fraction of sp³-hybridized carbons (Fsp3) is 0.211. The molecule has 3 heterocycles. The maximum atomic E-state index is 14.1. The van der Waals surface area contributed by atoms with Gasteiger partial charge in [-0.1, -0.05) is 12.1 Å². The molecule has 0 spiro atoms. The number of hydrogen-bond acceptors (Lipinski definition) is 5. The van der Waals surface area contributed by atoms with Gasteiger partial charge in [0.2, 0.25) is 0 Å². The van der Waals surface area contributed by atoms with Crippen LogP contribution in [0.3, 0.4) is 0 Å². The normalized spacial score (nSPS) is 20.3. The predicted molar refractivity (Wildman–Crippen MR) is 96.3 cm³/mol. The van der Waals surface area contributed by atoms with E-state index in [2.05, 4.69) is 25.9 Å². The van der Waals surface area contributed by atoms with Gasteiger partial charge in [0.1, 0.15) is 23.8 Å². The fourth-order valence-corrected chi connectivity index (χ4v) is 3.92. The van der Waals surface area contributed by atoms with Crippen molar-refractivity contribution in [2.75, 3.05) is 5.32 Å². The minimum Gasteiger partial charge on any atom is -0.376 e. The molecule has 2 aliphatic heterocycles. The molecule has 0 amide bonds. The second kappa shape index (κ2) is 5.87. The highest BCUT2D eigenvalue weighted by Gasteiger charge is 2.41. The minimum absolute atomic E-state index is 0.271. The maximum Gasteiger partial charge on any atom is 0.138 e. The van der Waals surface area contributed by atoms with Crippen molar-refractivity contribution in [3.05, 3.63) is 76.9 Å². The van der Waals surface area contributed by atoms with Crippen LogP contribution in [0.5, 0.6) is 0 Å². The molecule has 3 aromatic rings. The summed E-state index contributed by atoms with van der Waals surface area (Å²) in [5.74, 6) is -0.169. The molecule has 2 N–H and O–H groups in total. The van der Waals surface area contributed by atoms with Crippen LogP contribution in [0.1, 0.15) is 34.5 Å². The van der Waals surface area contributed by atoms with Crippen LogP contribution < -0.4 is 10.7 Å². The van der Waals surface area contributed by atoms with E-state index < -0.39 is 0 Å². The average molecular weight is 366 g/mol. The van der Waals surface area contributed by atoms with Gasteiger partial charge in [-0.05, 0) is 35.4 Å². The second-order valence-corrected chi connectivity index (χ2v) is 6.71. The molecule has 0 aliphatic carbocycles. The van der Waals surface area contributed by atoms with Crippen LogP contribution in [0.2, 0.25) is 0 Å². The zero-order chi connectivity index (χ0) is 18.5. The molecule has 2 atom stereocenters. The largest absolute Gasteiger partial charge is 0.376 e. The van der Waals surface area contributed by atoms with E-state index in [0.717, 1.165) is 28.2 Å². The summed E-state index contributed by atoms with van der Waals surface area (Å²) in [5, 5.41) is 12.2. The quantitative estimate of drug-likeness (QED) is 0.732. The van der Waals surface area contributed by atoms with Gasteiger partial charge in [0, 0.05) is 18.3 Å². The highest BCUT2D eigenvalue weighted by atomic mass is 19.1. The number of nitrogens with zero attached hydrogens (tertiary/aromatic N) is 4. The SMILES string of the molecule is Cn1ncnc1[C@H]1C2=NNCc3cc(F)cc(c32)N[C@@H]1c1ccc(F)cc1. The number of rotatable bonds is 2. The Kier molecular flexibility index (Phi) is 3.46. The van der Waals surface area contributed by atoms with Gasteiger partial charge in [-0.2, -0.15) is 10.2 Å². The summed E-state index contributed by atoms with van der Waals surface area (Å²) >= 11 is 0. The lowest BCUT2D eigenvalue weighted by atomic mass is 9.79. The molecule has 0 saturated heterocycles. The van der Waals surface area contributed by atoms with E-state index in [-0.39, 0.29) is 23.6 Å². The monoisotopic (exact) mass is 366 g/mol. The number of hydrogen-bond donors (Lipinski definition) is 2. The van der Waals surface area contributed by atoms with Gasteiger partial charge in [0.05, 0.1) is 24.2 Å². The molecular formula is C19H16F2N6. The summed E-state index contributed by atoms with van der Waals surface area (Å²) in [6, 6.07) is 8.97. The van der Waals surface area contributed by atoms with Crippen LogP contribution in [-0.2, 0) is 13.6 Å². The molecule has 5 rings (SSSR count). The van der Waals surface area contributed by atoms with Crippen LogP contribution >= 0.6 is 0 Å². The number of aryl methyl sites for hydroxylation is 1. The number of anilines is 1. The molecule has 0 unspecified atom stereocenters. The van der Waals surface area contributed by atoms with Gasteiger partial charge in [-0.15, -0.1) is 0 Å². The van der Waals surface area contributed by atoms with Crippen molar-refractivity contribution in [2.24, 2.45) is 12.1 Å². The number of halogens is 2. The Labute approximate surface area is 153 Å². The van der Waals surface area contributed by atoms with Crippen LogP contribution in [0.25, 0.3) is 0 Å². The summed E-state index contributed by atoms with van der Waals surface area (Å²) in [6.45, 7) is 0.456. The molecule has 8 heteroatoms. The molecule has 136 valence electrons. The van der Waals surface area contributed by atoms with Crippen LogP contribution in [0, 0.1) is 11.6 Å². The van der Waals surface area contributed by atoms with Crippen molar-refractivity contribution in [3.8, 4) is 0 Å². The summed E-state index contributed by atoms with van der Waals surface area (Å²) < 4.78 is 29.3. The summed E-state index contributed by atoms with van der Waals surface area (Å²) in [4.78, 5) is 4.43. The molecule has 0 fully saturated rings. The molecule has 6 nitrogen and oxygen atoms in total. The van der Waals surface area contributed by atoms with E-state index in [4.69, 9.17) is 0 Å². The lowest BCUT2D eigenvalue weighted by Crippen LogP contribution is -2.38. The van der Waals surface area contributed by atoms with E-state index >= 15 is 0 Å². The number of aromatic nitrogens is 3. The first-order chi connectivity index (χ1) is 13.1. The van der Waals surface area contributed by atoms with Crippen LogP contribution in [-0.4, -0.2) is 20.5 Å². The molecule has 0 radical (unpaired) electrons. The molecule has 1 aromatic heterocycles. The first kappa shape index (κ1) is 15.9. The minimum atomic E-state index is -0.311. The van der Waals surface area contributed by atoms with Crippen molar-refractivity contribution in [1.29, 1.82) is 0 Å². The fourth-order valence-electron chi connectivity index (χ4n) is 3.92. The van der Waals surface area contributed by atoms with E-state index in [1.165, 1.54) is 30.6 Å². The van der Waals surface area contributed by atoms with Crippen molar-refractivity contribution >= 4 is 11.4 Å².